The van der Waals surface area contributed by atoms with E-state index in [2.05, 4.69) is 4.98 Å². The molecule has 0 bridgehead atoms. The maximum atomic E-state index is 12.9. The van der Waals surface area contributed by atoms with Crippen molar-refractivity contribution >= 4 is 7.60 Å². The summed E-state index contributed by atoms with van der Waals surface area (Å²) in [5.41, 5.74) is 0.130. The third-order valence-electron chi connectivity index (χ3n) is 4.56. The Morgan fingerprint density at radius 1 is 1.10 bits per heavy atom. The highest BCUT2D eigenvalue weighted by Crippen LogP contribution is 2.48. The summed E-state index contributed by atoms with van der Waals surface area (Å²) in [5.74, 6) is 0. The number of nitrogens with zero attached hydrogens (tertiary/aromatic N) is 1. The first-order valence-electron chi connectivity index (χ1n) is 10.3. The molecule has 0 spiro atoms. The summed E-state index contributed by atoms with van der Waals surface area (Å²) in [7, 11) is -3.30. The molecule has 0 saturated heterocycles. The largest absolute Gasteiger partial charge is 0.404 e. The number of aromatic amines is 1. The van der Waals surface area contributed by atoms with Crippen LogP contribution in [0.4, 0.5) is 0 Å². The predicted octanol–water partition coefficient (Wildman–Crippen LogP) is 2.90. The van der Waals surface area contributed by atoms with Gasteiger partial charge in [-0.25, -0.2) is 4.79 Å². The van der Waals surface area contributed by atoms with E-state index in [1.807, 2.05) is 37.3 Å². The van der Waals surface area contributed by atoms with Crippen LogP contribution in [0.25, 0.3) is 0 Å². The van der Waals surface area contributed by atoms with E-state index >= 15 is 0 Å². The summed E-state index contributed by atoms with van der Waals surface area (Å²) in [6.07, 6.45) is 0.549. The summed E-state index contributed by atoms with van der Waals surface area (Å²) in [5, 5.41) is 0. The van der Waals surface area contributed by atoms with E-state index in [4.69, 9.17) is 18.6 Å². The zero-order valence-electron chi connectivity index (χ0n) is 18.4. The van der Waals surface area contributed by atoms with Crippen LogP contribution in [0.2, 0.25) is 0 Å². The van der Waals surface area contributed by atoms with Crippen molar-refractivity contribution in [2.75, 3.05) is 19.4 Å². The number of hydrogen-bond acceptors (Lipinski definition) is 7. The SMILES string of the molecule is CCOP(=O)(CC[C@@H](On1cc(C)c(=O)[nH]c1=O)[C@H](C)OCc1ccccc1)OCC. The van der Waals surface area contributed by atoms with Crippen LogP contribution < -0.4 is 16.1 Å². The van der Waals surface area contributed by atoms with E-state index < -0.39 is 31.1 Å². The Bertz CT molecular complexity index is 964. The summed E-state index contributed by atoms with van der Waals surface area (Å²) >= 11 is 0. The molecule has 0 fully saturated rings. The maximum absolute atomic E-state index is 12.9. The highest BCUT2D eigenvalue weighted by molar-refractivity contribution is 7.53. The highest BCUT2D eigenvalue weighted by Gasteiger charge is 2.29. The maximum Gasteiger partial charge on any atom is 0.361 e. The highest BCUT2D eigenvalue weighted by atomic mass is 31.2. The number of rotatable bonds is 13. The van der Waals surface area contributed by atoms with E-state index in [0.29, 0.717) is 12.2 Å². The van der Waals surface area contributed by atoms with Crippen LogP contribution in [0.15, 0.2) is 46.1 Å². The number of benzene rings is 1. The van der Waals surface area contributed by atoms with Gasteiger partial charge >= 0.3 is 13.3 Å². The van der Waals surface area contributed by atoms with Crippen molar-refractivity contribution in [3.8, 4) is 0 Å². The lowest BCUT2D eigenvalue weighted by atomic mass is 10.2. The molecule has 1 N–H and O–H groups in total. The smallest absolute Gasteiger partial charge is 0.361 e. The van der Waals surface area contributed by atoms with Gasteiger partial charge in [-0.1, -0.05) is 30.3 Å². The number of hydrogen-bond donors (Lipinski definition) is 1. The molecule has 172 valence electrons. The van der Waals surface area contributed by atoms with Crippen molar-refractivity contribution in [1.82, 2.24) is 9.71 Å². The normalized spacial score (nSPS) is 13.7. The summed E-state index contributed by atoms with van der Waals surface area (Å²) in [4.78, 5) is 31.9. The quantitative estimate of drug-likeness (QED) is 0.464. The Kier molecular flexibility index (Phi) is 9.71. The van der Waals surface area contributed by atoms with Crippen LogP contribution in [0.1, 0.15) is 38.3 Å². The molecule has 31 heavy (non-hydrogen) atoms. The minimum absolute atomic E-state index is 0.0927. The molecular formula is C21H31N2O7P. The topological polar surface area (TPSA) is 109 Å². The van der Waals surface area contributed by atoms with Crippen LogP contribution in [-0.4, -0.2) is 41.3 Å². The van der Waals surface area contributed by atoms with Crippen molar-refractivity contribution in [2.45, 2.75) is 52.9 Å². The van der Waals surface area contributed by atoms with Gasteiger partial charge in [-0.15, -0.1) is 4.73 Å². The van der Waals surface area contributed by atoms with Crippen LogP contribution in [0.3, 0.4) is 0 Å². The van der Waals surface area contributed by atoms with E-state index in [0.717, 1.165) is 10.3 Å². The van der Waals surface area contributed by atoms with Crippen LogP contribution in [0, 0.1) is 6.92 Å². The molecule has 2 rings (SSSR count). The van der Waals surface area contributed by atoms with Gasteiger partial charge in [0.05, 0.1) is 38.3 Å². The lowest BCUT2D eigenvalue weighted by Gasteiger charge is -2.27. The molecule has 1 heterocycles. The van der Waals surface area contributed by atoms with Gasteiger partial charge in [-0.3, -0.25) is 14.3 Å². The van der Waals surface area contributed by atoms with E-state index in [1.165, 1.54) is 6.20 Å². The van der Waals surface area contributed by atoms with Crippen LogP contribution in [-0.2, 0) is 25.0 Å². The van der Waals surface area contributed by atoms with Gasteiger partial charge in [-0.2, -0.15) is 0 Å². The lowest BCUT2D eigenvalue weighted by Crippen LogP contribution is -2.43. The number of ether oxygens (including phenoxy) is 1. The molecule has 0 unspecified atom stereocenters. The van der Waals surface area contributed by atoms with Crippen molar-refractivity contribution in [3.63, 3.8) is 0 Å². The summed E-state index contributed by atoms with van der Waals surface area (Å²) in [6, 6.07) is 9.64. The second-order valence-corrected chi connectivity index (χ2v) is 9.19. The monoisotopic (exact) mass is 454 g/mol. The molecule has 0 aliphatic heterocycles. The average molecular weight is 454 g/mol. The first-order valence-corrected chi connectivity index (χ1v) is 12.0. The molecule has 2 atom stereocenters. The molecule has 0 amide bonds. The van der Waals surface area contributed by atoms with Crippen molar-refractivity contribution < 1.29 is 23.2 Å². The predicted molar refractivity (Wildman–Crippen MR) is 117 cm³/mol. The van der Waals surface area contributed by atoms with Gasteiger partial charge in [0, 0.05) is 12.0 Å². The van der Waals surface area contributed by atoms with Crippen LogP contribution >= 0.6 is 7.60 Å². The molecule has 0 saturated carbocycles. The van der Waals surface area contributed by atoms with E-state index in [-0.39, 0.29) is 25.8 Å². The van der Waals surface area contributed by atoms with Gasteiger partial charge in [-0.05, 0) is 33.3 Å². The van der Waals surface area contributed by atoms with Gasteiger partial charge < -0.3 is 18.6 Å². The zero-order valence-corrected chi connectivity index (χ0v) is 19.3. The summed E-state index contributed by atoms with van der Waals surface area (Å²) < 4.78 is 30.5. The molecule has 9 nitrogen and oxygen atoms in total. The second kappa shape index (κ2) is 12.0. The number of aryl methyl sites for hydroxylation is 1. The molecule has 0 aliphatic rings. The molecule has 0 radical (unpaired) electrons. The molecule has 2 aromatic rings. The van der Waals surface area contributed by atoms with Crippen molar-refractivity contribution in [1.29, 1.82) is 0 Å². The van der Waals surface area contributed by atoms with Crippen molar-refractivity contribution in [3.05, 3.63) is 68.5 Å². The minimum atomic E-state index is -3.30. The Morgan fingerprint density at radius 3 is 2.35 bits per heavy atom. The molecule has 0 aliphatic carbocycles. The van der Waals surface area contributed by atoms with Crippen LogP contribution in [0.5, 0.6) is 0 Å². The molecule has 10 heteroatoms. The number of aromatic nitrogens is 2. The number of nitrogens with one attached hydrogen (secondary N) is 1. The number of H-pyrrole nitrogens is 1. The van der Waals surface area contributed by atoms with E-state index in [1.54, 1.807) is 20.8 Å². The first-order chi connectivity index (χ1) is 14.8. The zero-order chi connectivity index (χ0) is 22.9. The van der Waals surface area contributed by atoms with Crippen molar-refractivity contribution in [2.24, 2.45) is 0 Å². The molecule has 1 aromatic heterocycles. The fourth-order valence-corrected chi connectivity index (χ4v) is 4.59. The third kappa shape index (κ3) is 7.78. The third-order valence-corrected chi connectivity index (χ3v) is 6.67. The Morgan fingerprint density at radius 2 is 1.74 bits per heavy atom. The minimum Gasteiger partial charge on any atom is -0.404 e. The first kappa shape index (κ1) is 25.1. The molecular weight excluding hydrogens is 423 g/mol. The standard InChI is InChI=1S/C21H31N2O7P/c1-5-28-31(26,29-6-2)13-12-19(17(4)27-15-18-10-8-7-9-11-18)30-23-14-16(3)20(24)22-21(23)25/h7-11,14,17,19H,5-6,12-13,15H2,1-4H3,(H,22,24,25)/t17-,19+/m0/s1. The molecule has 1 aromatic carbocycles. The Balaban J connectivity index is 2.19. The van der Waals surface area contributed by atoms with Gasteiger partial charge in [0.15, 0.2) is 6.10 Å². The fraction of sp³-hybridized carbons (Fsp3) is 0.524. The van der Waals surface area contributed by atoms with Gasteiger partial charge in [0.25, 0.3) is 5.56 Å². The van der Waals surface area contributed by atoms with Gasteiger partial charge in [0.2, 0.25) is 0 Å². The Hall–Kier alpha value is -2.19. The average Bonchev–Trinajstić information content (AvgIpc) is 2.74. The summed E-state index contributed by atoms with van der Waals surface area (Å²) in [6.45, 7) is 7.71. The van der Waals surface area contributed by atoms with Gasteiger partial charge in [0.1, 0.15) is 0 Å². The second-order valence-electron chi connectivity index (χ2n) is 7.00. The van der Waals surface area contributed by atoms with E-state index in [9.17, 15) is 14.2 Å². The Labute approximate surface area is 181 Å². The lowest BCUT2D eigenvalue weighted by molar-refractivity contribution is -0.0803. The fourth-order valence-electron chi connectivity index (χ4n) is 2.90.